The third-order valence-electron chi connectivity index (χ3n) is 2.75. The van der Waals surface area contributed by atoms with Crippen molar-refractivity contribution in [1.82, 2.24) is 0 Å². The molecule has 0 aliphatic carbocycles. The van der Waals surface area contributed by atoms with E-state index >= 15 is 0 Å². The number of hydrogen-bond donors (Lipinski definition) is 1. The minimum Gasteiger partial charge on any atom is -0.388 e. The molecule has 0 spiro atoms. The van der Waals surface area contributed by atoms with E-state index < -0.39 is 11.9 Å². The predicted molar refractivity (Wildman–Crippen MR) is 79.2 cm³/mol. The maximum atomic E-state index is 13.0. The van der Waals surface area contributed by atoms with Gasteiger partial charge in [-0.1, -0.05) is 45.2 Å². The van der Waals surface area contributed by atoms with Crippen LogP contribution in [0.25, 0.3) is 0 Å². The van der Waals surface area contributed by atoms with Gasteiger partial charge >= 0.3 is 0 Å². The van der Waals surface area contributed by atoms with Crippen LogP contribution in [0.15, 0.2) is 40.9 Å². The third-order valence-corrected chi connectivity index (χ3v) is 4.05. The van der Waals surface area contributed by atoms with Crippen molar-refractivity contribution in [2.24, 2.45) is 0 Å². The summed E-state index contributed by atoms with van der Waals surface area (Å²) in [6.45, 7) is 0. The van der Waals surface area contributed by atoms with Gasteiger partial charge in [0.2, 0.25) is 0 Å². The molecule has 1 N–H and O–H groups in total. The molecule has 0 bridgehead atoms. The third kappa shape index (κ3) is 3.69. The van der Waals surface area contributed by atoms with Gasteiger partial charge in [0.25, 0.3) is 0 Å². The molecule has 0 heterocycles. The average Bonchev–Trinajstić information content (AvgIpc) is 2.35. The Morgan fingerprint density at radius 3 is 2.58 bits per heavy atom. The number of benzene rings is 2. The van der Waals surface area contributed by atoms with E-state index in [1.165, 1.54) is 12.1 Å². The summed E-state index contributed by atoms with van der Waals surface area (Å²) in [5.41, 5.74) is 1.36. The van der Waals surface area contributed by atoms with Crippen molar-refractivity contribution in [3.8, 4) is 0 Å². The quantitative estimate of drug-likeness (QED) is 0.797. The van der Waals surface area contributed by atoms with Gasteiger partial charge in [-0.3, -0.25) is 0 Å². The minimum atomic E-state index is -0.768. The molecular weight excluding hydrogens is 354 g/mol. The lowest BCUT2D eigenvalue weighted by molar-refractivity contribution is 0.177. The molecule has 0 radical (unpaired) electrons. The molecule has 0 saturated carbocycles. The topological polar surface area (TPSA) is 20.2 Å². The Morgan fingerprint density at radius 2 is 1.89 bits per heavy atom. The number of aliphatic hydroxyl groups is 1. The van der Waals surface area contributed by atoms with E-state index in [0.29, 0.717) is 21.2 Å². The highest BCUT2D eigenvalue weighted by atomic mass is 79.9. The van der Waals surface area contributed by atoms with E-state index in [1.54, 1.807) is 24.3 Å². The van der Waals surface area contributed by atoms with Gasteiger partial charge in [0.1, 0.15) is 5.82 Å². The second kappa shape index (κ2) is 6.23. The lowest BCUT2D eigenvalue weighted by atomic mass is 10.0. The Kier molecular flexibility index (Phi) is 4.85. The summed E-state index contributed by atoms with van der Waals surface area (Å²) < 4.78 is 13.7. The van der Waals surface area contributed by atoms with Gasteiger partial charge in [-0.25, -0.2) is 4.39 Å². The Balaban J connectivity index is 2.25. The standard InChI is InChI=1S/C14H10BrCl2FO/c15-12-4-2-9(16)6-11(12)14(19)5-8-1-3-10(18)7-13(8)17/h1-4,6-7,14,19H,5H2. The van der Waals surface area contributed by atoms with Crippen molar-refractivity contribution in [2.75, 3.05) is 0 Å². The van der Waals surface area contributed by atoms with Gasteiger partial charge in [0.15, 0.2) is 0 Å². The van der Waals surface area contributed by atoms with E-state index in [0.717, 1.165) is 4.47 Å². The molecular formula is C14H10BrCl2FO. The number of halogens is 4. The zero-order chi connectivity index (χ0) is 14.0. The average molecular weight is 364 g/mol. The zero-order valence-electron chi connectivity index (χ0n) is 9.71. The molecule has 0 aromatic heterocycles. The summed E-state index contributed by atoms with van der Waals surface area (Å²) in [6.07, 6.45) is -0.478. The molecule has 1 nitrogen and oxygen atoms in total. The highest BCUT2D eigenvalue weighted by Crippen LogP contribution is 2.30. The Labute approximate surface area is 129 Å². The molecule has 2 rings (SSSR count). The normalized spacial score (nSPS) is 12.5. The van der Waals surface area contributed by atoms with Crippen LogP contribution in [0.1, 0.15) is 17.2 Å². The first kappa shape index (κ1) is 14.8. The second-order valence-corrected chi connectivity index (χ2v) is 5.82. The van der Waals surface area contributed by atoms with Gasteiger partial charge < -0.3 is 5.11 Å². The van der Waals surface area contributed by atoms with E-state index in [1.807, 2.05) is 0 Å². The second-order valence-electron chi connectivity index (χ2n) is 4.12. The molecule has 1 unspecified atom stereocenters. The van der Waals surface area contributed by atoms with Crippen LogP contribution in [0.4, 0.5) is 4.39 Å². The molecule has 0 saturated heterocycles. The fraction of sp³-hybridized carbons (Fsp3) is 0.143. The Morgan fingerprint density at radius 1 is 1.16 bits per heavy atom. The van der Waals surface area contributed by atoms with Crippen molar-refractivity contribution < 1.29 is 9.50 Å². The van der Waals surface area contributed by atoms with Gasteiger partial charge in [0, 0.05) is 20.9 Å². The molecule has 0 aliphatic heterocycles. The summed E-state index contributed by atoms with van der Waals surface area (Å²) in [6, 6.07) is 9.31. The van der Waals surface area contributed by atoms with Crippen LogP contribution in [0, 0.1) is 5.82 Å². The summed E-state index contributed by atoms with van der Waals surface area (Å²) in [5, 5.41) is 11.1. The Hall–Kier alpha value is -0.610. The van der Waals surface area contributed by atoms with Crippen molar-refractivity contribution >= 4 is 39.1 Å². The fourth-order valence-electron chi connectivity index (χ4n) is 1.78. The highest BCUT2D eigenvalue weighted by Gasteiger charge is 2.14. The van der Waals surface area contributed by atoms with Crippen LogP contribution >= 0.6 is 39.1 Å². The predicted octanol–water partition coefficient (Wildman–Crippen LogP) is 5.17. The number of hydrogen-bond acceptors (Lipinski definition) is 1. The monoisotopic (exact) mass is 362 g/mol. The van der Waals surface area contributed by atoms with Crippen LogP contribution in [0.2, 0.25) is 10.0 Å². The largest absolute Gasteiger partial charge is 0.388 e. The van der Waals surface area contributed by atoms with E-state index in [4.69, 9.17) is 23.2 Å². The summed E-state index contributed by atoms with van der Waals surface area (Å²) in [5.74, 6) is -0.396. The molecule has 0 aliphatic rings. The van der Waals surface area contributed by atoms with Crippen molar-refractivity contribution in [1.29, 1.82) is 0 Å². The van der Waals surface area contributed by atoms with Crippen molar-refractivity contribution in [3.63, 3.8) is 0 Å². The highest BCUT2D eigenvalue weighted by molar-refractivity contribution is 9.10. The van der Waals surface area contributed by atoms with Gasteiger partial charge in [-0.15, -0.1) is 0 Å². The van der Waals surface area contributed by atoms with Crippen molar-refractivity contribution in [2.45, 2.75) is 12.5 Å². The van der Waals surface area contributed by atoms with Crippen molar-refractivity contribution in [3.05, 3.63) is 67.9 Å². The van der Waals surface area contributed by atoms with Crippen LogP contribution in [0.5, 0.6) is 0 Å². The molecule has 100 valence electrons. The van der Waals surface area contributed by atoms with Gasteiger partial charge in [-0.05, 0) is 41.5 Å². The SMILES string of the molecule is OC(Cc1ccc(F)cc1Cl)c1cc(Cl)ccc1Br. The molecule has 2 aromatic rings. The van der Waals surface area contributed by atoms with E-state index in [9.17, 15) is 9.50 Å². The molecule has 2 aromatic carbocycles. The Bertz CT molecular complexity index is 604. The molecule has 19 heavy (non-hydrogen) atoms. The number of rotatable bonds is 3. The lowest BCUT2D eigenvalue weighted by Crippen LogP contribution is -2.03. The minimum absolute atomic E-state index is 0.290. The first-order valence-electron chi connectivity index (χ1n) is 5.54. The smallest absolute Gasteiger partial charge is 0.124 e. The van der Waals surface area contributed by atoms with Gasteiger partial charge in [-0.2, -0.15) is 0 Å². The van der Waals surface area contributed by atoms with Crippen LogP contribution in [-0.2, 0) is 6.42 Å². The zero-order valence-corrected chi connectivity index (χ0v) is 12.8. The maximum absolute atomic E-state index is 13.0. The van der Waals surface area contributed by atoms with E-state index in [2.05, 4.69) is 15.9 Å². The lowest BCUT2D eigenvalue weighted by Gasteiger charge is -2.14. The summed E-state index contributed by atoms with van der Waals surface area (Å²) in [4.78, 5) is 0. The molecule has 0 amide bonds. The van der Waals surface area contributed by atoms with Crippen LogP contribution < -0.4 is 0 Å². The van der Waals surface area contributed by atoms with Crippen LogP contribution in [0.3, 0.4) is 0 Å². The maximum Gasteiger partial charge on any atom is 0.124 e. The van der Waals surface area contributed by atoms with E-state index in [-0.39, 0.29) is 6.42 Å². The summed E-state index contributed by atoms with van der Waals surface area (Å²) in [7, 11) is 0. The molecule has 5 heteroatoms. The fourth-order valence-corrected chi connectivity index (χ4v) is 2.71. The first-order valence-corrected chi connectivity index (χ1v) is 7.09. The summed E-state index contributed by atoms with van der Waals surface area (Å²) >= 11 is 15.2. The molecule has 1 atom stereocenters. The van der Waals surface area contributed by atoms with Crippen LogP contribution in [-0.4, -0.2) is 5.11 Å². The van der Waals surface area contributed by atoms with Gasteiger partial charge in [0.05, 0.1) is 6.10 Å². The first-order chi connectivity index (χ1) is 8.97. The molecule has 0 fully saturated rings. The number of aliphatic hydroxyl groups excluding tert-OH is 1.